The third-order valence-corrected chi connectivity index (χ3v) is 4.53. The van der Waals surface area contributed by atoms with Crippen molar-refractivity contribution in [3.8, 4) is 0 Å². The molecular weight excluding hydrogens is 349 g/mol. The first-order valence-electron chi connectivity index (χ1n) is 9.19. The highest BCUT2D eigenvalue weighted by atomic mass is 19.1. The molecule has 0 bridgehead atoms. The van der Waals surface area contributed by atoms with Crippen LogP contribution >= 0.6 is 0 Å². The maximum atomic E-state index is 12.9. The van der Waals surface area contributed by atoms with Gasteiger partial charge in [-0.05, 0) is 36.5 Å². The lowest BCUT2D eigenvalue weighted by atomic mass is 10.1. The summed E-state index contributed by atoms with van der Waals surface area (Å²) in [5, 5.41) is 6.75. The highest BCUT2D eigenvalue weighted by molar-refractivity contribution is 5.92. The number of aromatic nitrogens is 1. The van der Waals surface area contributed by atoms with Gasteiger partial charge in [-0.3, -0.25) is 9.59 Å². The van der Waals surface area contributed by atoms with E-state index in [4.69, 9.17) is 4.52 Å². The van der Waals surface area contributed by atoms with E-state index in [1.54, 1.807) is 23.1 Å². The number of benzene rings is 1. The fourth-order valence-electron chi connectivity index (χ4n) is 3.19. The molecule has 1 aliphatic heterocycles. The van der Waals surface area contributed by atoms with E-state index in [9.17, 15) is 14.0 Å². The zero-order valence-corrected chi connectivity index (χ0v) is 15.6. The first-order chi connectivity index (χ1) is 12.9. The monoisotopic (exact) mass is 373 g/mol. The molecule has 0 saturated carbocycles. The molecule has 1 aromatic heterocycles. The molecule has 144 valence electrons. The Morgan fingerprint density at radius 3 is 2.81 bits per heavy atom. The molecule has 2 aromatic rings. The Bertz CT molecular complexity index is 801. The zero-order chi connectivity index (χ0) is 19.4. The average Bonchev–Trinajstić information content (AvgIpc) is 3.20. The fraction of sp³-hybridized carbons (Fsp3) is 0.450. The van der Waals surface area contributed by atoms with Crippen molar-refractivity contribution in [2.45, 2.75) is 39.2 Å². The van der Waals surface area contributed by atoms with Gasteiger partial charge in [0.1, 0.15) is 5.82 Å². The van der Waals surface area contributed by atoms with Crippen LogP contribution in [0, 0.1) is 11.7 Å². The molecule has 1 saturated heterocycles. The van der Waals surface area contributed by atoms with E-state index in [1.807, 2.05) is 0 Å². The number of halogens is 1. The van der Waals surface area contributed by atoms with Gasteiger partial charge in [-0.2, -0.15) is 0 Å². The Balaban J connectivity index is 1.50. The molecule has 27 heavy (non-hydrogen) atoms. The molecule has 1 atom stereocenters. The van der Waals surface area contributed by atoms with Crippen LogP contribution in [-0.4, -0.2) is 41.0 Å². The molecular formula is C20H24FN3O3. The van der Waals surface area contributed by atoms with E-state index in [0.717, 1.165) is 17.7 Å². The van der Waals surface area contributed by atoms with Crippen LogP contribution in [0.3, 0.4) is 0 Å². The van der Waals surface area contributed by atoms with Crippen molar-refractivity contribution in [1.82, 2.24) is 15.4 Å². The number of hydrogen-bond acceptors (Lipinski definition) is 4. The lowest BCUT2D eigenvalue weighted by Gasteiger charge is -2.16. The summed E-state index contributed by atoms with van der Waals surface area (Å²) in [6, 6.07) is 7.65. The summed E-state index contributed by atoms with van der Waals surface area (Å²) in [6.07, 6.45) is 1.66. The number of carbonyl (C=O) groups is 2. The molecule has 6 nitrogen and oxygen atoms in total. The van der Waals surface area contributed by atoms with Gasteiger partial charge >= 0.3 is 0 Å². The van der Waals surface area contributed by atoms with Crippen LogP contribution in [0.25, 0.3) is 0 Å². The van der Waals surface area contributed by atoms with E-state index >= 15 is 0 Å². The molecule has 1 aromatic carbocycles. The summed E-state index contributed by atoms with van der Waals surface area (Å²) in [4.78, 5) is 26.2. The number of nitrogens with one attached hydrogen (secondary N) is 1. The number of nitrogens with zero attached hydrogens (tertiary/aromatic N) is 2. The van der Waals surface area contributed by atoms with E-state index in [0.29, 0.717) is 25.4 Å². The second-order valence-electron chi connectivity index (χ2n) is 7.37. The van der Waals surface area contributed by atoms with Crippen molar-refractivity contribution < 1.29 is 18.5 Å². The minimum Gasteiger partial charge on any atom is -0.351 e. The van der Waals surface area contributed by atoms with Crippen LogP contribution in [0.2, 0.25) is 0 Å². The maximum absolute atomic E-state index is 12.9. The molecule has 0 radical (unpaired) electrons. The number of amides is 2. The minimum absolute atomic E-state index is 0.000443. The van der Waals surface area contributed by atoms with Crippen molar-refractivity contribution in [2.75, 3.05) is 13.1 Å². The largest absolute Gasteiger partial charge is 0.351 e. The Hall–Kier alpha value is -2.70. The van der Waals surface area contributed by atoms with Crippen molar-refractivity contribution in [3.63, 3.8) is 0 Å². The number of rotatable bonds is 7. The predicted molar refractivity (Wildman–Crippen MR) is 97.6 cm³/mol. The van der Waals surface area contributed by atoms with Gasteiger partial charge in [-0.15, -0.1) is 0 Å². The molecule has 2 amide bonds. The molecule has 1 aliphatic rings. The second-order valence-corrected chi connectivity index (χ2v) is 7.37. The molecule has 0 aliphatic carbocycles. The Labute approximate surface area is 157 Å². The van der Waals surface area contributed by atoms with E-state index < -0.39 is 0 Å². The summed E-state index contributed by atoms with van der Waals surface area (Å²) < 4.78 is 18.1. The Morgan fingerprint density at radius 1 is 1.37 bits per heavy atom. The maximum Gasteiger partial charge on any atom is 0.290 e. The van der Waals surface area contributed by atoms with Gasteiger partial charge in [0.25, 0.3) is 5.91 Å². The van der Waals surface area contributed by atoms with Crippen LogP contribution in [0.1, 0.15) is 42.1 Å². The van der Waals surface area contributed by atoms with Gasteiger partial charge in [0.05, 0.1) is 11.7 Å². The lowest BCUT2D eigenvalue weighted by molar-refractivity contribution is -0.127. The molecule has 1 fully saturated rings. The lowest BCUT2D eigenvalue weighted by Crippen LogP contribution is -2.37. The first kappa shape index (κ1) is 19.1. The van der Waals surface area contributed by atoms with Gasteiger partial charge < -0.3 is 14.7 Å². The third kappa shape index (κ3) is 5.15. The number of hydrogen-bond donors (Lipinski definition) is 1. The Kier molecular flexibility index (Phi) is 5.88. The molecule has 3 rings (SSSR count). The van der Waals surface area contributed by atoms with Crippen molar-refractivity contribution >= 4 is 11.8 Å². The first-order valence-corrected chi connectivity index (χ1v) is 9.19. The van der Waals surface area contributed by atoms with E-state index in [2.05, 4.69) is 24.3 Å². The fourth-order valence-corrected chi connectivity index (χ4v) is 3.19. The summed E-state index contributed by atoms with van der Waals surface area (Å²) in [7, 11) is 0. The van der Waals surface area contributed by atoms with Crippen LogP contribution < -0.4 is 5.32 Å². The summed E-state index contributed by atoms with van der Waals surface area (Å²) in [5.41, 5.74) is 1.72. The van der Waals surface area contributed by atoms with E-state index in [-0.39, 0.29) is 35.9 Å². The highest BCUT2D eigenvalue weighted by Crippen LogP contribution is 2.15. The van der Waals surface area contributed by atoms with Crippen LogP contribution in [-0.2, 0) is 17.6 Å². The van der Waals surface area contributed by atoms with Crippen molar-refractivity contribution in [2.24, 2.45) is 5.92 Å². The predicted octanol–water partition coefficient (Wildman–Crippen LogP) is 2.59. The summed E-state index contributed by atoms with van der Waals surface area (Å²) in [5.74, 6) is -0.0325. The van der Waals surface area contributed by atoms with Crippen LogP contribution in [0.15, 0.2) is 34.9 Å². The zero-order valence-electron chi connectivity index (χ0n) is 15.6. The smallest absolute Gasteiger partial charge is 0.290 e. The summed E-state index contributed by atoms with van der Waals surface area (Å²) in [6.45, 7) is 5.13. The standard InChI is InChI=1S/C20H24FN3O3/c1-13(2)9-16-10-18(27-23-16)20(26)22-17-11-19(25)24(12-17)8-7-14-3-5-15(21)6-4-14/h3-6,10,13,17H,7-9,11-12H2,1-2H3,(H,22,26)/t17-/m0/s1. The SMILES string of the molecule is CC(C)Cc1cc(C(=O)N[C@H]2CC(=O)N(CCc3ccc(F)cc3)C2)on1. The quantitative estimate of drug-likeness (QED) is 0.809. The van der Waals surface area contributed by atoms with Gasteiger partial charge in [0.15, 0.2) is 0 Å². The molecule has 7 heteroatoms. The van der Waals surface area contributed by atoms with Crippen molar-refractivity contribution in [3.05, 3.63) is 53.2 Å². The molecule has 0 spiro atoms. The number of carbonyl (C=O) groups excluding carboxylic acids is 2. The van der Waals surface area contributed by atoms with Gasteiger partial charge in [0.2, 0.25) is 11.7 Å². The average molecular weight is 373 g/mol. The van der Waals surface area contributed by atoms with Gasteiger partial charge in [-0.25, -0.2) is 4.39 Å². The topological polar surface area (TPSA) is 75.4 Å². The third-order valence-electron chi connectivity index (χ3n) is 4.53. The second kappa shape index (κ2) is 8.33. The highest BCUT2D eigenvalue weighted by Gasteiger charge is 2.31. The normalized spacial score (nSPS) is 17.0. The molecule has 0 unspecified atom stereocenters. The van der Waals surface area contributed by atoms with Crippen LogP contribution in [0.5, 0.6) is 0 Å². The Morgan fingerprint density at radius 2 is 2.11 bits per heavy atom. The minimum atomic E-state index is -0.351. The van der Waals surface area contributed by atoms with E-state index in [1.165, 1.54) is 12.1 Å². The van der Waals surface area contributed by atoms with Crippen LogP contribution in [0.4, 0.5) is 4.39 Å². The molecule has 1 N–H and O–H groups in total. The van der Waals surface area contributed by atoms with Gasteiger partial charge in [0, 0.05) is 25.6 Å². The van der Waals surface area contributed by atoms with Crippen molar-refractivity contribution in [1.29, 1.82) is 0 Å². The molecule has 2 heterocycles. The summed E-state index contributed by atoms with van der Waals surface area (Å²) >= 11 is 0. The number of likely N-dealkylation sites (tertiary alicyclic amines) is 1. The van der Waals surface area contributed by atoms with Gasteiger partial charge in [-0.1, -0.05) is 31.1 Å².